The number of nitriles is 1. The number of amides is 1. The second-order valence-electron chi connectivity index (χ2n) is 6.61. The molecule has 142 valence electrons. The van der Waals surface area contributed by atoms with E-state index in [1.165, 1.54) is 23.9 Å². The normalized spacial score (nSPS) is 19.3. The highest BCUT2D eigenvalue weighted by atomic mass is 32.2. The standard InChI is InChI=1S/C21H18FN3O2S/c1-27-17-8-6-16(7-9-17)24-12-25-20(26)10-18(14-2-4-15(22)5-3-14)19(11-23)21(25)28-13-24/h2-9,18H,10,12-13H2,1H3/t18-/m1/s1. The Morgan fingerprint density at radius 2 is 1.89 bits per heavy atom. The summed E-state index contributed by atoms with van der Waals surface area (Å²) in [6.07, 6.45) is 0.203. The van der Waals surface area contributed by atoms with Gasteiger partial charge in [0.1, 0.15) is 11.6 Å². The monoisotopic (exact) mass is 395 g/mol. The van der Waals surface area contributed by atoms with Gasteiger partial charge in [-0.3, -0.25) is 9.69 Å². The number of nitrogens with zero attached hydrogens (tertiary/aromatic N) is 3. The highest BCUT2D eigenvalue weighted by Gasteiger charge is 2.38. The lowest BCUT2D eigenvalue weighted by molar-refractivity contribution is -0.129. The second kappa shape index (κ2) is 7.56. The van der Waals surface area contributed by atoms with Gasteiger partial charge in [0.05, 0.1) is 36.3 Å². The summed E-state index contributed by atoms with van der Waals surface area (Å²) < 4.78 is 18.5. The molecule has 7 heteroatoms. The molecule has 1 fully saturated rings. The van der Waals surface area contributed by atoms with E-state index in [4.69, 9.17) is 4.74 Å². The zero-order chi connectivity index (χ0) is 19.7. The van der Waals surface area contributed by atoms with Crippen LogP contribution >= 0.6 is 11.8 Å². The number of hydrogen-bond acceptors (Lipinski definition) is 5. The van der Waals surface area contributed by atoms with E-state index < -0.39 is 0 Å². The molecular weight excluding hydrogens is 377 g/mol. The fraction of sp³-hybridized carbons (Fsp3) is 0.238. The molecule has 4 rings (SSSR count). The summed E-state index contributed by atoms with van der Waals surface area (Å²) in [5.41, 5.74) is 2.35. The molecule has 2 aliphatic heterocycles. The largest absolute Gasteiger partial charge is 0.497 e. The second-order valence-corrected chi connectivity index (χ2v) is 7.55. The molecule has 0 aromatic heterocycles. The zero-order valence-corrected chi connectivity index (χ0v) is 16.1. The van der Waals surface area contributed by atoms with Gasteiger partial charge < -0.3 is 9.64 Å². The van der Waals surface area contributed by atoms with Gasteiger partial charge in [-0.1, -0.05) is 23.9 Å². The number of carbonyl (C=O) groups excluding carboxylic acids is 1. The average molecular weight is 395 g/mol. The molecule has 1 amide bonds. The lowest BCUT2D eigenvalue weighted by atomic mass is 9.86. The fourth-order valence-electron chi connectivity index (χ4n) is 3.50. The predicted molar refractivity (Wildman–Crippen MR) is 106 cm³/mol. The summed E-state index contributed by atoms with van der Waals surface area (Å²) in [7, 11) is 1.62. The number of fused-ring (bicyclic) bond motifs is 1. The molecular formula is C21H18FN3O2S. The van der Waals surface area contributed by atoms with Crippen molar-refractivity contribution in [2.75, 3.05) is 24.6 Å². The molecule has 0 N–H and O–H groups in total. The summed E-state index contributed by atoms with van der Waals surface area (Å²) in [6, 6.07) is 16.0. The van der Waals surface area contributed by atoms with Crippen molar-refractivity contribution in [1.29, 1.82) is 5.26 Å². The van der Waals surface area contributed by atoms with E-state index in [1.54, 1.807) is 24.1 Å². The highest BCUT2D eigenvalue weighted by molar-refractivity contribution is 8.03. The molecule has 0 bridgehead atoms. The van der Waals surface area contributed by atoms with Gasteiger partial charge in [0.15, 0.2) is 0 Å². The Labute approximate surface area is 167 Å². The number of thioether (sulfide) groups is 1. The van der Waals surface area contributed by atoms with Crippen LogP contribution in [0.1, 0.15) is 17.9 Å². The van der Waals surface area contributed by atoms with Crippen molar-refractivity contribution in [2.45, 2.75) is 12.3 Å². The topological polar surface area (TPSA) is 56.6 Å². The maximum absolute atomic E-state index is 13.3. The van der Waals surface area contributed by atoms with Gasteiger partial charge >= 0.3 is 0 Å². The molecule has 2 aliphatic rings. The van der Waals surface area contributed by atoms with Gasteiger partial charge in [0.2, 0.25) is 5.91 Å². The minimum Gasteiger partial charge on any atom is -0.497 e. The Morgan fingerprint density at radius 3 is 2.54 bits per heavy atom. The van der Waals surface area contributed by atoms with Crippen LogP contribution in [0, 0.1) is 17.1 Å². The van der Waals surface area contributed by atoms with E-state index in [1.807, 2.05) is 24.3 Å². The molecule has 1 atom stereocenters. The third-order valence-corrected chi connectivity index (χ3v) is 6.16. The first kappa shape index (κ1) is 18.4. The zero-order valence-electron chi connectivity index (χ0n) is 15.3. The molecule has 1 saturated heterocycles. The summed E-state index contributed by atoms with van der Waals surface area (Å²) in [4.78, 5) is 16.6. The Bertz CT molecular complexity index is 967. The number of rotatable bonds is 3. The Balaban J connectivity index is 1.62. The third kappa shape index (κ3) is 3.32. The van der Waals surface area contributed by atoms with Crippen molar-refractivity contribution in [3.8, 4) is 11.8 Å². The lowest BCUT2D eigenvalue weighted by Crippen LogP contribution is -2.47. The predicted octanol–water partition coefficient (Wildman–Crippen LogP) is 4.05. The van der Waals surface area contributed by atoms with Crippen molar-refractivity contribution in [1.82, 2.24) is 4.90 Å². The first-order valence-corrected chi connectivity index (χ1v) is 9.81. The number of carbonyl (C=O) groups is 1. The number of allylic oxidation sites excluding steroid dienone is 1. The van der Waals surface area contributed by atoms with Gasteiger partial charge in [0.25, 0.3) is 0 Å². The molecule has 0 aliphatic carbocycles. The van der Waals surface area contributed by atoms with Crippen molar-refractivity contribution in [3.05, 3.63) is 70.5 Å². The Kier molecular flexibility index (Phi) is 4.97. The molecule has 2 heterocycles. The maximum atomic E-state index is 13.3. The molecule has 5 nitrogen and oxygen atoms in total. The van der Waals surface area contributed by atoms with E-state index in [9.17, 15) is 14.4 Å². The first-order valence-electron chi connectivity index (χ1n) is 8.82. The Morgan fingerprint density at radius 1 is 1.18 bits per heavy atom. The summed E-state index contributed by atoms with van der Waals surface area (Å²) >= 11 is 1.48. The average Bonchev–Trinajstić information content (AvgIpc) is 2.74. The van der Waals surface area contributed by atoms with Crippen LogP contribution in [0.5, 0.6) is 5.75 Å². The lowest BCUT2D eigenvalue weighted by Gasteiger charge is -2.42. The number of halogens is 1. The Hall–Kier alpha value is -2.98. The SMILES string of the molecule is COc1ccc(N2CSC3=C(C#N)[C@@H](c4ccc(F)cc4)CC(=O)N3C2)cc1. The minimum atomic E-state index is -0.333. The fourth-order valence-corrected chi connectivity index (χ4v) is 4.67. The summed E-state index contributed by atoms with van der Waals surface area (Å²) in [5.74, 6) is 0.712. The van der Waals surface area contributed by atoms with Crippen molar-refractivity contribution in [2.24, 2.45) is 0 Å². The van der Waals surface area contributed by atoms with Crippen LogP contribution in [0.3, 0.4) is 0 Å². The molecule has 0 saturated carbocycles. The van der Waals surface area contributed by atoms with Gasteiger partial charge in [-0.25, -0.2) is 4.39 Å². The van der Waals surface area contributed by atoms with Gasteiger partial charge in [0, 0.05) is 18.0 Å². The number of ether oxygens (including phenoxy) is 1. The van der Waals surface area contributed by atoms with Gasteiger partial charge in [-0.05, 0) is 42.0 Å². The van der Waals surface area contributed by atoms with Crippen LogP contribution in [-0.4, -0.2) is 30.5 Å². The number of benzene rings is 2. The number of anilines is 1. The van der Waals surface area contributed by atoms with Gasteiger partial charge in [-0.15, -0.1) is 0 Å². The first-order chi connectivity index (χ1) is 13.6. The van der Waals surface area contributed by atoms with E-state index >= 15 is 0 Å². The molecule has 2 aromatic carbocycles. The minimum absolute atomic E-state index is 0.0333. The van der Waals surface area contributed by atoms with Crippen LogP contribution in [-0.2, 0) is 4.79 Å². The molecule has 28 heavy (non-hydrogen) atoms. The molecule has 0 spiro atoms. The van der Waals surface area contributed by atoms with Crippen LogP contribution < -0.4 is 9.64 Å². The van der Waals surface area contributed by atoms with Crippen LogP contribution in [0.2, 0.25) is 0 Å². The molecule has 0 radical (unpaired) electrons. The van der Waals surface area contributed by atoms with Gasteiger partial charge in [-0.2, -0.15) is 5.26 Å². The van der Waals surface area contributed by atoms with E-state index in [2.05, 4.69) is 11.0 Å². The van der Waals surface area contributed by atoms with E-state index in [0.29, 0.717) is 23.1 Å². The van der Waals surface area contributed by atoms with E-state index in [-0.39, 0.29) is 24.1 Å². The third-order valence-electron chi connectivity index (χ3n) is 5.00. The summed E-state index contributed by atoms with van der Waals surface area (Å²) in [6.45, 7) is 0.398. The van der Waals surface area contributed by atoms with Crippen LogP contribution in [0.15, 0.2) is 59.1 Å². The maximum Gasteiger partial charge on any atom is 0.229 e. The van der Waals surface area contributed by atoms with Crippen LogP contribution in [0.25, 0.3) is 0 Å². The van der Waals surface area contributed by atoms with Crippen LogP contribution in [0.4, 0.5) is 10.1 Å². The number of methoxy groups -OCH3 is 1. The quantitative estimate of drug-likeness (QED) is 0.785. The van der Waals surface area contributed by atoms with E-state index in [0.717, 1.165) is 17.0 Å². The number of hydrogen-bond donors (Lipinski definition) is 0. The smallest absolute Gasteiger partial charge is 0.229 e. The summed E-state index contributed by atoms with van der Waals surface area (Å²) in [5, 5.41) is 10.5. The highest BCUT2D eigenvalue weighted by Crippen LogP contribution is 2.43. The van der Waals surface area contributed by atoms with Crippen molar-refractivity contribution in [3.63, 3.8) is 0 Å². The molecule has 2 aromatic rings. The van der Waals surface area contributed by atoms with Crippen molar-refractivity contribution >= 4 is 23.4 Å². The van der Waals surface area contributed by atoms with Crippen molar-refractivity contribution < 1.29 is 13.9 Å². The molecule has 0 unspecified atom stereocenters.